The largest absolute Gasteiger partial charge is 0.480 e. The molecule has 1 rings (SSSR count). The van der Waals surface area contributed by atoms with E-state index in [1.807, 2.05) is 31.4 Å². The molecule has 114 valence electrons. The van der Waals surface area contributed by atoms with Gasteiger partial charge in [0.1, 0.15) is 0 Å². The zero-order valence-electron chi connectivity index (χ0n) is 11.7. The van der Waals surface area contributed by atoms with Crippen LogP contribution in [0.2, 0.25) is 0 Å². The molecule has 0 spiro atoms. The first kappa shape index (κ1) is 18.9. The second kappa shape index (κ2) is 9.74. The van der Waals surface area contributed by atoms with Gasteiger partial charge < -0.3 is 10.4 Å². The number of halogens is 1. The minimum atomic E-state index is -0.910. The number of hydrogen-bond acceptors (Lipinski definition) is 4. The van der Waals surface area contributed by atoms with Gasteiger partial charge in [-0.05, 0) is 31.3 Å². The molecule has 0 radical (unpaired) electrons. The lowest BCUT2D eigenvalue weighted by Gasteiger charge is -2.20. The molecule has 0 bridgehead atoms. The number of carbonyl (C=O) groups is 2. The fourth-order valence-corrected chi connectivity index (χ4v) is 2.55. The van der Waals surface area contributed by atoms with Gasteiger partial charge >= 0.3 is 5.97 Å². The molecule has 0 fully saturated rings. The molecule has 5 nitrogen and oxygen atoms in total. The molecule has 7 heteroatoms. The maximum Gasteiger partial charge on any atom is 0.317 e. The van der Waals surface area contributed by atoms with Crippen molar-refractivity contribution in [1.29, 1.82) is 0 Å². The first-order valence-corrected chi connectivity index (χ1v) is 7.17. The number of thiophene rings is 1. The number of nitrogens with zero attached hydrogens (tertiary/aromatic N) is 1. The molecule has 1 atom stereocenters. The number of aliphatic carboxylic acids is 1. The first-order valence-electron chi connectivity index (χ1n) is 6.29. The summed E-state index contributed by atoms with van der Waals surface area (Å²) >= 11 is 1.59. The molecule has 1 amide bonds. The second-order valence-electron chi connectivity index (χ2n) is 4.41. The van der Waals surface area contributed by atoms with Crippen molar-refractivity contribution >= 4 is 35.6 Å². The molecular weight excluding hydrogens is 300 g/mol. The van der Waals surface area contributed by atoms with E-state index in [9.17, 15) is 9.59 Å². The number of carboxylic acid groups (broad SMARTS) is 1. The van der Waals surface area contributed by atoms with Crippen LogP contribution in [-0.4, -0.2) is 41.5 Å². The third-order valence-electron chi connectivity index (χ3n) is 2.61. The Balaban J connectivity index is 0.00000361. The summed E-state index contributed by atoms with van der Waals surface area (Å²) in [5.74, 6) is -1.05. The van der Waals surface area contributed by atoms with E-state index in [2.05, 4.69) is 5.32 Å². The van der Waals surface area contributed by atoms with Crippen molar-refractivity contribution in [1.82, 2.24) is 10.2 Å². The summed E-state index contributed by atoms with van der Waals surface area (Å²) in [4.78, 5) is 25.3. The van der Waals surface area contributed by atoms with Crippen molar-refractivity contribution < 1.29 is 14.7 Å². The Morgan fingerprint density at radius 1 is 1.45 bits per heavy atom. The van der Waals surface area contributed by atoms with Crippen molar-refractivity contribution in [2.75, 3.05) is 19.6 Å². The lowest BCUT2D eigenvalue weighted by molar-refractivity contribution is -0.138. The summed E-state index contributed by atoms with van der Waals surface area (Å²) < 4.78 is 0. The van der Waals surface area contributed by atoms with Gasteiger partial charge in [0.05, 0.1) is 19.1 Å². The third-order valence-corrected chi connectivity index (χ3v) is 3.67. The normalized spacial score (nSPS) is 11.8. The SMILES string of the molecule is CCCN(CC(=O)O)CC(=O)NC(C)c1cccs1.Cl. The quantitative estimate of drug-likeness (QED) is 0.770. The molecule has 0 saturated heterocycles. The standard InChI is InChI=1S/C13H20N2O3S.ClH/c1-3-6-15(9-13(17)18)8-12(16)14-10(2)11-5-4-7-19-11;/h4-5,7,10H,3,6,8-9H2,1-2H3,(H,14,16)(H,17,18);1H. The minimum absolute atomic E-state index is 0. The molecule has 0 saturated carbocycles. The van der Waals surface area contributed by atoms with Crippen LogP contribution in [0.1, 0.15) is 31.2 Å². The molecule has 1 aromatic rings. The zero-order chi connectivity index (χ0) is 14.3. The van der Waals surface area contributed by atoms with E-state index in [1.54, 1.807) is 16.2 Å². The van der Waals surface area contributed by atoms with Crippen LogP contribution in [0.3, 0.4) is 0 Å². The molecule has 1 unspecified atom stereocenters. The highest BCUT2D eigenvalue weighted by Crippen LogP contribution is 2.17. The van der Waals surface area contributed by atoms with Gasteiger partial charge in [-0.3, -0.25) is 14.5 Å². The first-order chi connectivity index (χ1) is 9.02. The van der Waals surface area contributed by atoms with Gasteiger partial charge in [0.2, 0.25) is 5.91 Å². The predicted molar refractivity (Wildman–Crippen MR) is 82.5 cm³/mol. The Hall–Kier alpha value is -1.11. The van der Waals surface area contributed by atoms with Crippen LogP contribution in [0.15, 0.2) is 17.5 Å². The summed E-state index contributed by atoms with van der Waals surface area (Å²) in [6, 6.07) is 3.87. The van der Waals surface area contributed by atoms with Crippen LogP contribution >= 0.6 is 23.7 Å². The number of hydrogen-bond donors (Lipinski definition) is 2. The van der Waals surface area contributed by atoms with Crippen LogP contribution in [0.4, 0.5) is 0 Å². The maximum absolute atomic E-state index is 11.9. The number of amides is 1. The van der Waals surface area contributed by atoms with Crippen molar-refractivity contribution in [3.8, 4) is 0 Å². The molecule has 0 aliphatic rings. The molecule has 1 aromatic heterocycles. The summed E-state index contributed by atoms with van der Waals surface area (Å²) in [6.07, 6.45) is 0.820. The van der Waals surface area contributed by atoms with Gasteiger partial charge in [-0.25, -0.2) is 0 Å². The minimum Gasteiger partial charge on any atom is -0.480 e. The van der Waals surface area contributed by atoms with E-state index in [1.165, 1.54) is 0 Å². The monoisotopic (exact) mass is 320 g/mol. The number of carbonyl (C=O) groups excluding carboxylic acids is 1. The zero-order valence-corrected chi connectivity index (χ0v) is 13.3. The van der Waals surface area contributed by atoms with E-state index in [4.69, 9.17) is 5.11 Å². The number of rotatable bonds is 8. The average molecular weight is 321 g/mol. The maximum atomic E-state index is 11.9. The predicted octanol–water partition coefficient (Wildman–Crippen LogP) is 2.14. The van der Waals surface area contributed by atoms with Gasteiger partial charge in [0.25, 0.3) is 0 Å². The fraction of sp³-hybridized carbons (Fsp3) is 0.538. The Kier molecular flexibility index (Phi) is 9.20. The highest BCUT2D eigenvalue weighted by molar-refractivity contribution is 7.10. The average Bonchev–Trinajstić information content (AvgIpc) is 2.81. The second-order valence-corrected chi connectivity index (χ2v) is 5.39. The van der Waals surface area contributed by atoms with Crippen molar-refractivity contribution in [3.63, 3.8) is 0 Å². The Morgan fingerprint density at radius 3 is 2.65 bits per heavy atom. The molecule has 2 N–H and O–H groups in total. The van der Waals surface area contributed by atoms with Gasteiger partial charge in [0.15, 0.2) is 0 Å². The Bertz CT molecular complexity index is 412. The lowest BCUT2D eigenvalue weighted by atomic mass is 10.2. The van der Waals surface area contributed by atoms with Crippen LogP contribution in [0, 0.1) is 0 Å². The van der Waals surface area contributed by atoms with Gasteiger partial charge in [-0.2, -0.15) is 0 Å². The third kappa shape index (κ3) is 6.88. The molecule has 0 aromatic carbocycles. The molecule has 20 heavy (non-hydrogen) atoms. The van der Waals surface area contributed by atoms with Gasteiger partial charge in [0, 0.05) is 4.88 Å². The fourth-order valence-electron chi connectivity index (χ4n) is 1.82. The van der Waals surface area contributed by atoms with Crippen molar-refractivity contribution in [2.45, 2.75) is 26.3 Å². The molecule has 0 aliphatic carbocycles. The Morgan fingerprint density at radius 2 is 2.15 bits per heavy atom. The van der Waals surface area contributed by atoms with Crippen LogP contribution in [0.25, 0.3) is 0 Å². The van der Waals surface area contributed by atoms with Crippen LogP contribution < -0.4 is 5.32 Å². The summed E-state index contributed by atoms with van der Waals surface area (Å²) in [5.41, 5.74) is 0. The summed E-state index contributed by atoms with van der Waals surface area (Å²) in [6.45, 7) is 4.50. The topological polar surface area (TPSA) is 69.6 Å². The number of nitrogens with one attached hydrogen (secondary N) is 1. The van der Waals surface area contributed by atoms with Crippen LogP contribution in [0.5, 0.6) is 0 Å². The van der Waals surface area contributed by atoms with Crippen molar-refractivity contribution in [3.05, 3.63) is 22.4 Å². The highest BCUT2D eigenvalue weighted by Gasteiger charge is 2.15. The summed E-state index contributed by atoms with van der Waals surface area (Å²) in [7, 11) is 0. The smallest absolute Gasteiger partial charge is 0.317 e. The van der Waals surface area contributed by atoms with E-state index >= 15 is 0 Å². The van der Waals surface area contributed by atoms with E-state index in [0.717, 1.165) is 11.3 Å². The van der Waals surface area contributed by atoms with Crippen LogP contribution in [-0.2, 0) is 9.59 Å². The number of carboxylic acids is 1. The summed E-state index contributed by atoms with van der Waals surface area (Å²) in [5, 5.41) is 13.6. The molecule has 0 aliphatic heterocycles. The van der Waals surface area contributed by atoms with E-state index in [-0.39, 0.29) is 37.4 Å². The van der Waals surface area contributed by atoms with Crippen molar-refractivity contribution in [2.24, 2.45) is 0 Å². The molecule has 1 heterocycles. The highest BCUT2D eigenvalue weighted by atomic mass is 35.5. The van der Waals surface area contributed by atoms with Gasteiger partial charge in [-0.15, -0.1) is 23.7 Å². The lowest BCUT2D eigenvalue weighted by Crippen LogP contribution is -2.40. The van der Waals surface area contributed by atoms with Gasteiger partial charge in [-0.1, -0.05) is 13.0 Å². The molecular formula is C13H21ClN2O3S. The van der Waals surface area contributed by atoms with E-state index < -0.39 is 5.97 Å². The Labute approximate surface area is 129 Å². The van der Waals surface area contributed by atoms with E-state index in [0.29, 0.717) is 6.54 Å².